The van der Waals surface area contributed by atoms with Crippen LogP contribution >= 0.6 is 0 Å². The molecule has 4 aromatic rings. The van der Waals surface area contributed by atoms with Crippen molar-refractivity contribution >= 4 is 63.4 Å². The summed E-state index contributed by atoms with van der Waals surface area (Å²) in [5.74, 6) is 0.946. The summed E-state index contributed by atoms with van der Waals surface area (Å²) >= 11 is 9.62. The van der Waals surface area contributed by atoms with Gasteiger partial charge in [0.15, 0.2) is 0 Å². The minimum atomic E-state index is 0. The Morgan fingerprint density at radius 1 is 0.629 bits per heavy atom. The van der Waals surface area contributed by atoms with E-state index in [4.69, 9.17) is 30.2 Å². The molecule has 0 bridgehead atoms. The van der Waals surface area contributed by atoms with Gasteiger partial charge in [0.05, 0.1) is 5.69 Å². The zero-order valence-electron chi connectivity index (χ0n) is 20.8. The van der Waals surface area contributed by atoms with E-state index < -0.39 is 0 Å². The minimum absolute atomic E-state index is 0. The first-order chi connectivity index (χ1) is 16.4. The molecule has 0 heterocycles. The van der Waals surface area contributed by atoms with Crippen LogP contribution in [0.5, 0.6) is 0 Å². The molecule has 0 saturated carbocycles. The molecule has 4 rings (SSSR count). The summed E-state index contributed by atoms with van der Waals surface area (Å²) in [4.78, 5) is 6.57. The van der Waals surface area contributed by atoms with Gasteiger partial charge >= 0.3 is 26.2 Å². The molecular weight excluding hydrogens is 659 g/mol. The fourth-order valence-electron chi connectivity index (χ4n) is 3.12. The minimum Gasteiger partial charge on any atom is -0.780 e. The third kappa shape index (κ3) is 11.9. The van der Waals surface area contributed by atoms with E-state index in [0.29, 0.717) is 11.8 Å². The van der Waals surface area contributed by atoms with Crippen LogP contribution in [-0.2, 0) is 25.3 Å². The van der Waals surface area contributed by atoms with Gasteiger partial charge in [-0.3, -0.25) is 4.99 Å². The van der Waals surface area contributed by atoms with Crippen LogP contribution in [0.2, 0.25) is 0 Å². The quantitative estimate of drug-likeness (QED) is 0.121. The molecule has 0 aliphatic rings. The molecule has 178 valence electrons. The number of nitrogens with zero attached hydrogens (tertiary/aromatic N) is 1. The van der Waals surface area contributed by atoms with Crippen molar-refractivity contribution < 1.29 is 0 Å². The third-order valence-corrected chi connectivity index (χ3v) is 5.44. The Morgan fingerprint density at radius 2 is 1.09 bits per heavy atom. The Hall–Kier alpha value is -2.13. The standard InChI is InChI=1S/C19H22N.2C6H6S.Bi/c1-14(2)17-11-8-12-18(15(3)4)19(17)20-13-16-9-6-5-7-10-16;2*7-6-4-2-1-3-5-6;/h5-9,11-15H,1-4H3;2*1-5,7H;/q;;;+2/p-2. The molecule has 0 N–H and O–H groups in total. The Kier molecular flexibility index (Phi) is 15.3. The van der Waals surface area contributed by atoms with Gasteiger partial charge in [0, 0.05) is 11.8 Å². The first-order valence-electron chi connectivity index (χ1n) is 11.5. The summed E-state index contributed by atoms with van der Waals surface area (Å²) in [5.41, 5.74) is 4.75. The maximum atomic E-state index is 4.81. The van der Waals surface area contributed by atoms with Gasteiger partial charge in [-0.2, -0.15) is 9.79 Å². The monoisotopic (exact) mass is 691 g/mol. The largest absolute Gasteiger partial charge is 2.00 e. The molecule has 4 heteroatoms. The van der Waals surface area contributed by atoms with Crippen LogP contribution in [-0.4, -0.2) is 32.4 Å². The number of hydrogen-bond donors (Lipinski definition) is 0. The van der Waals surface area contributed by atoms with Crippen molar-refractivity contribution in [3.8, 4) is 0 Å². The zero-order chi connectivity index (χ0) is 24.8. The van der Waals surface area contributed by atoms with Gasteiger partial charge in [-0.1, -0.05) is 131 Å². The molecule has 0 atom stereocenters. The van der Waals surface area contributed by atoms with Crippen LogP contribution in [0.15, 0.2) is 118 Å². The fraction of sp³-hybridized carbons (Fsp3) is 0.194. The number of para-hydroxylation sites is 1. The van der Waals surface area contributed by atoms with E-state index >= 15 is 0 Å². The Morgan fingerprint density at radius 3 is 1.43 bits per heavy atom. The number of benzene rings is 4. The molecule has 0 aliphatic heterocycles. The van der Waals surface area contributed by atoms with E-state index in [0.717, 1.165) is 21.0 Å². The molecular formula is C31H32BiNS2. The predicted molar refractivity (Wildman–Crippen MR) is 157 cm³/mol. The van der Waals surface area contributed by atoms with Crippen molar-refractivity contribution in [1.29, 1.82) is 0 Å². The van der Waals surface area contributed by atoms with E-state index in [1.54, 1.807) is 0 Å². The summed E-state index contributed by atoms with van der Waals surface area (Å²) in [7, 11) is 0. The van der Waals surface area contributed by atoms with Gasteiger partial charge in [0.1, 0.15) is 0 Å². The van der Waals surface area contributed by atoms with E-state index in [2.05, 4.69) is 52.0 Å². The topological polar surface area (TPSA) is 12.4 Å². The molecule has 0 aromatic heterocycles. The first-order valence-corrected chi connectivity index (χ1v) is 12.3. The maximum absolute atomic E-state index is 4.81. The molecule has 4 radical (unpaired) electrons. The Labute approximate surface area is 242 Å². The summed E-state index contributed by atoms with van der Waals surface area (Å²) in [6.45, 7) is 8.86. The summed E-state index contributed by atoms with van der Waals surface area (Å²) in [6.07, 6.45) is 1.91. The summed E-state index contributed by atoms with van der Waals surface area (Å²) in [6, 6.07) is 36.8. The van der Waals surface area contributed by atoms with Crippen LogP contribution in [0.4, 0.5) is 5.69 Å². The van der Waals surface area contributed by atoms with Gasteiger partial charge in [0.2, 0.25) is 0 Å². The van der Waals surface area contributed by atoms with Crippen molar-refractivity contribution in [2.45, 2.75) is 49.3 Å². The molecule has 0 unspecified atom stereocenters. The van der Waals surface area contributed by atoms with Gasteiger partial charge in [-0.25, -0.2) is 0 Å². The van der Waals surface area contributed by atoms with Crippen LogP contribution in [0.3, 0.4) is 0 Å². The molecule has 0 fully saturated rings. The predicted octanol–water partition coefficient (Wildman–Crippen LogP) is 8.29. The second kappa shape index (κ2) is 17.3. The van der Waals surface area contributed by atoms with Crippen LogP contribution in [0, 0.1) is 6.07 Å². The molecule has 4 aromatic carbocycles. The molecule has 0 spiro atoms. The Bertz CT molecular complexity index is 1050. The van der Waals surface area contributed by atoms with Crippen molar-refractivity contribution in [1.82, 2.24) is 0 Å². The average molecular weight is 692 g/mol. The summed E-state index contributed by atoms with van der Waals surface area (Å²) in [5, 5.41) is 0. The third-order valence-electron chi connectivity index (χ3n) is 4.89. The SMILES string of the molecule is CC(C)c1cccc(C(C)C)c1N=Cc1[c]cccc1.[Bi+2].[S-]c1ccccc1.[S-]c1ccccc1. The van der Waals surface area contributed by atoms with Crippen LogP contribution in [0.1, 0.15) is 56.2 Å². The number of hydrogen-bond acceptors (Lipinski definition) is 3. The molecule has 1 nitrogen and oxygen atoms in total. The molecule has 0 saturated heterocycles. The fourth-order valence-corrected chi connectivity index (χ4v) is 3.44. The summed E-state index contributed by atoms with van der Waals surface area (Å²) < 4.78 is 0. The van der Waals surface area contributed by atoms with Gasteiger partial charge in [-0.05, 0) is 29.0 Å². The smallest absolute Gasteiger partial charge is 0.780 e. The van der Waals surface area contributed by atoms with Gasteiger partial charge in [0.25, 0.3) is 0 Å². The second-order valence-electron chi connectivity index (χ2n) is 8.30. The molecule has 0 aliphatic carbocycles. The van der Waals surface area contributed by atoms with Crippen LogP contribution < -0.4 is 0 Å². The van der Waals surface area contributed by atoms with Crippen molar-refractivity contribution in [2.24, 2.45) is 4.99 Å². The van der Waals surface area contributed by atoms with Crippen LogP contribution in [0.25, 0.3) is 0 Å². The van der Waals surface area contributed by atoms with Crippen molar-refractivity contribution in [3.05, 3.63) is 126 Å². The first kappa shape index (κ1) is 30.9. The molecule has 0 amide bonds. The van der Waals surface area contributed by atoms with E-state index in [-0.39, 0.29) is 26.2 Å². The second-order valence-corrected chi connectivity index (χ2v) is 9.24. The van der Waals surface area contributed by atoms with Gasteiger partial charge in [-0.15, -0.1) is 0 Å². The molecule has 35 heavy (non-hydrogen) atoms. The average Bonchev–Trinajstić information content (AvgIpc) is 2.85. The Balaban J connectivity index is 0.000000332. The van der Waals surface area contributed by atoms with Gasteiger partial charge < -0.3 is 25.3 Å². The van der Waals surface area contributed by atoms with E-state index in [9.17, 15) is 0 Å². The van der Waals surface area contributed by atoms with Crippen molar-refractivity contribution in [3.63, 3.8) is 0 Å². The van der Waals surface area contributed by atoms with E-state index in [1.165, 1.54) is 11.1 Å². The normalized spacial score (nSPS) is 10.1. The zero-order valence-corrected chi connectivity index (χ0v) is 25.9. The number of aliphatic imine (C=N–C) groups is 1. The van der Waals surface area contributed by atoms with E-state index in [1.807, 2.05) is 91.1 Å². The maximum Gasteiger partial charge on any atom is 2.00 e. The van der Waals surface area contributed by atoms with Crippen molar-refractivity contribution in [2.75, 3.05) is 0 Å². The number of rotatable bonds is 4.